The van der Waals surface area contributed by atoms with Crippen molar-refractivity contribution in [3.63, 3.8) is 0 Å². The molecule has 0 saturated heterocycles. The van der Waals surface area contributed by atoms with E-state index in [-0.39, 0.29) is 0 Å². The molecule has 45 heavy (non-hydrogen) atoms. The number of aromatic nitrogens is 4. The summed E-state index contributed by atoms with van der Waals surface area (Å²) in [5, 5.41) is 6.41. The largest absolute Gasteiger partial charge is 0.456 e. The predicted molar refractivity (Wildman–Crippen MR) is 182 cm³/mol. The molecule has 0 aliphatic carbocycles. The first-order chi connectivity index (χ1) is 22.3. The molecular weight excluding hydrogens is 552 g/mol. The fraction of sp³-hybridized carbons (Fsp3) is 0. The summed E-state index contributed by atoms with van der Waals surface area (Å²) in [5.74, 6) is 1.82. The van der Waals surface area contributed by atoms with E-state index in [2.05, 4.69) is 114 Å². The molecular formula is C40H24N4O. The summed E-state index contributed by atoms with van der Waals surface area (Å²) < 4.78 is 6.36. The van der Waals surface area contributed by atoms with Gasteiger partial charge in [0.25, 0.3) is 0 Å². The lowest BCUT2D eigenvalue weighted by molar-refractivity contribution is 0.669. The minimum Gasteiger partial charge on any atom is -0.456 e. The highest BCUT2D eigenvalue weighted by atomic mass is 16.3. The van der Waals surface area contributed by atoms with Gasteiger partial charge in [0.15, 0.2) is 17.5 Å². The molecule has 3 heterocycles. The van der Waals surface area contributed by atoms with Crippen LogP contribution >= 0.6 is 0 Å². The number of hydrogen-bond acceptors (Lipinski definition) is 5. The van der Waals surface area contributed by atoms with Gasteiger partial charge in [-0.2, -0.15) is 0 Å². The molecule has 0 unspecified atom stereocenters. The Balaban J connectivity index is 1.26. The predicted octanol–water partition coefficient (Wildman–Crippen LogP) is 10.1. The van der Waals surface area contributed by atoms with Crippen LogP contribution in [-0.4, -0.2) is 19.9 Å². The van der Waals surface area contributed by atoms with Crippen molar-refractivity contribution in [1.82, 2.24) is 19.9 Å². The number of rotatable bonds is 4. The number of nitrogens with zero attached hydrogens (tertiary/aromatic N) is 4. The SMILES string of the molecule is c1ccc(-c2ccc(-c3nc(-c4ccc5ccccc5c4)nc(-c4cccc5oc6cc7ccncc7cc6c45)n3)cc2)cc1. The van der Waals surface area contributed by atoms with Crippen LogP contribution in [0.3, 0.4) is 0 Å². The number of benzene rings is 6. The van der Waals surface area contributed by atoms with Crippen LogP contribution in [-0.2, 0) is 0 Å². The standard InChI is InChI=1S/C40H24N4O/c1-2-7-25(8-3-1)27-13-16-28(17-14-27)38-42-39(31-18-15-26-9-4-5-10-29(26)21-31)44-40(43-38)33-11-6-12-35-37(33)34-22-32-24-41-20-19-30(32)23-36(34)45-35/h1-24H. The summed E-state index contributed by atoms with van der Waals surface area (Å²) in [7, 11) is 0. The van der Waals surface area contributed by atoms with Gasteiger partial charge in [-0.15, -0.1) is 0 Å². The second-order valence-corrected chi connectivity index (χ2v) is 11.2. The molecule has 9 aromatic rings. The normalized spacial score (nSPS) is 11.6. The minimum atomic E-state index is 0.592. The molecule has 9 rings (SSSR count). The Morgan fingerprint density at radius 2 is 1.11 bits per heavy atom. The summed E-state index contributed by atoms with van der Waals surface area (Å²) in [6.45, 7) is 0. The summed E-state index contributed by atoms with van der Waals surface area (Å²) in [5.41, 5.74) is 6.64. The average Bonchev–Trinajstić information content (AvgIpc) is 3.48. The third-order valence-corrected chi connectivity index (χ3v) is 8.39. The van der Waals surface area contributed by atoms with Crippen LogP contribution in [0.2, 0.25) is 0 Å². The molecule has 0 bridgehead atoms. The Kier molecular flexibility index (Phi) is 5.74. The molecule has 0 fully saturated rings. The van der Waals surface area contributed by atoms with Crippen LogP contribution in [0.15, 0.2) is 150 Å². The summed E-state index contributed by atoms with van der Waals surface area (Å²) in [6.07, 6.45) is 3.68. The first-order valence-electron chi connectivity index (χ1n) is 14.9. The highest BCUT2D eigenvalue weighted by Crippen LogP contribution is 2.38. The molecule has 5 nitrogen and oxygen atoms in total. The molecule has 0 amide bonds. The average molecular weight is 577 g/mol. The zero-order valence-corrected chi connectivity index (χ0v) is 24.1. The van der Waals surface area contributed by atoms with Crippen molar-refractivity contribution >= 4 is 43.5 Å². The fourth-order valence-electron chi connectivity index (χ4n) is 6.12. The van der Waals surface area contributed by atoms with Crippen LogP contribution in [0.4, 0.5) is 0 Å². The van der Waals surface area contributed by atoms with Gasteiger partial charge in [0, 0.05) is 45.2 Å². The molecule has 0 radical (unpaired) electrons. The van der Waals surface area contributed by atoms with Crippen LogP contribution in [0.5, 0.6) is 0 Å². The van der Waals surface area contributed by atoms with Crippen molar-refractivity contribution < 1.29 is 4.42 Å². The topological polar surface area (TPSA) is 64.7 Å². The number of fused-ring (bicyclic) bond motifs is 5. The van der Waals surface area contributed by atoms with Crippen LogP contribution in [0.1, 0.15) is 0 Å². The minimum absolute atomic E-state index is 0.592. The Labute approximate surface area is 258 Å². The van der Waals surface area contributed by atoms with Crippen LogP contribution in [0, 0.1) is 0 Å². The van der Waals surface area contributed by atoms with E-state index < -0.39 is 0 Å². The van der Waals surface area contributed by atoms with Gasteiger partial charge in [-0.1, -0.05) is 103 Å². The summed E-state index contributed by atoms with van der Waals surface area (Å²) >= 11 is 0. The molecule has 3 aromatic heterocycles. The van der Waals surface area contributed by atoms with Crippen molar-refractivity contribution in [2.45, 2.75) is 0 Å². The fourth-order valence-corrected chi connectivity index (χ4v) is 6.12. The monoisotopic (exact) mass is 576 g/mol. The van der Waals surface area contributed by atoms with Crippen LogP contribution in [0.25, 0.3) is 88.8 Å². The van der Waals surface area contributed by atoms with E-state index in [0.29, 0.717) is 17.5 Å². The van der Waals surface area contributed by atoms with E-state index in [1.807, 2.05) is 30.5 Å². The van der Waals surface area contributed by atoms with Crippen molar-refractivity contribution in [3.05, 3.63) is 146 Å². The number of furan rings is 1. The Morgan fingerprint density at radius 1 is 0.422 bits per heavy atom. The molecule has 0 N–H and O–H groups in total. The lowest BCUT2D eigenvalue weighted by Gasteiger charge is -2.10. The molecule has 0 spiro atoms. The summed E-state index contributed by atoms with van der Waals surface area (Å²) in [4.78, 5) is 19.5. The number of pyridine rings is 1. The van der Waals surface area contributed by atoms with Gasteiger partial charge in [-0.25, -0.2) is 15.0 Å². The van der Waals surface area contributed by atoms with Crippen molar-refractivity contribution in [1.29, 1.82) is 0 Å². The quantitative estimate of drug-likeness (QED) is 0.209. The lowest BCUT2D eigenvalue weighted by Crippen LogP contribution is -2.00. The zero-order chi connectivity index (χ0) is 29.7. The van der Waals surface area contributed by atoms with Gasteiger partial charge < -0.3 is 4.42 Å². The van der Waals surface area contributed by atoms with E-state index >= 15 is 0 Å². The van der Waals surface area contributed by atoms with Crippen LogP contribution < -0.4 is 0 Å². The maximum absolute atomic E-state index is 6.36. The molecule has 6 aromatic carbocycles. The molecule has 0 saturated carbocycles. The van der Waals surface area contributed by atoms with Crippen molar-refractivity contribution in [2.24, 2.45) is 0 Å². The van der Waals surface area contributed by atoms with Gasteiger partial charge in [-0.3, -0.25) is 4.98 Å². The first-order valence-corrected chi connectivity index (χ1v) is 14.9. The maximum atomic E-state index is 6.36. The Hall–Kier alpha value is -6.20. The highest BCUT2D eigenvalue weighted by molar-refractivity contribution is 6.15. The van der Waals surface area contributed by atoms with Gasteiger partial charge in [0.1, 0.15) is 11.2 Å². The van der Waals surface area contributed by atoms with E-state index in [4.69, 9.17) is 19.4 Å². The lowest BCUT2D eigenvalue weighted by atomic mass is 10.0. The second kappa shape index (κ2) is 10.2. The van der Waals surface area contributed by atoms with Gasteiger partial charge in [-0.05, 0) is 57.6 Å². The van der Waals surface area contributed by atoms with E-state index in [9.17, 15) is 0 Å². The summed E-state index contributed by atoms with van der Waals surface area (Å²) in [6, 6.07) is 45.7. The zero-order valence-electron chi connectivity index (χ0n) is 24.1. The molecule has 0 atom stereocenters. The second-order valence-electron chi connectivity index (χ2n) is 11.2. The Bertz CT molecular complexity index is 2540. The molecule has 210 valence electrons. The van der Waals surface area contributed by atoms with E-state index in [0.717, 1.165) is 60.4 Å². The maximum Gasteiger partial charge on any atom is 0.164 e. The Morgan fingerprint density at radius 3 is 1.98 bits per heavy atom. The third kappa shape index (κ3) is 4.41. The van der Waals surface area contributed by atoms with Crippen molar-refractivity contribution in [3.8, 4) is 45.3 Å². The van der Waals surface area contributed by atoms with E-state index in [1.165, 1.54) is 10.9 Å². The van der Waals surface area contributed by atoms with Gasteiger partial charge in [0.05, 0.1) is 0 Å². The molecule has 0 aliphatic rings. The van der Waals surface area contributed by atoms with E-state index in [1.54, 1.807) is 6.20 Å². The van der Waals surface area contributed by atoms with Gasteiger partial charge >= 0.3 is 0 Å². The van der Waals surface area contributed by atoms with Gasteiger partial charge in [0.2, 0.25) is 0 Å². The number of hydrogen-bond donors (Lipinski definition) is 0. The highest BCUT2D eigenvalue weighted by Gasteiger charge is 2.18. The smallest absolute Gasteiger partial charge is 0.164 e. The third-order valence-electron chi connectivity index (χ3n) is 8.39. The first kappa shape index (κ1) is 25.3. The van der Waals surface area contributed by atoms with Crippen molar-refractivity contribution in [2.75, 3.05) is 0 Å². The molecule has 5 heteroatoms. The molecule has 0 aliphatic heterocycles.